The molecular formula is C12H18N4S2. The predicted molar refractivity (Wildman–Crippen MR) is 76.7 cm³/mol. The highest BCUT2D eigenvalue weighted by Crippen LogP contribution is 2.17. The van der Waals surface area contributed by atoms with Crippen LogP contribution in [0.15, 0.2) is 0 Å². The molecular weight excluding hydrogens is 264 g/mol. The maximum absolute atomic E-state index is 5.04. The normalized spacial score (nSPS) is 11.1. The van der Waals surface area contributed by atoms with Gasteiger partial charge >= 0.3 is 0 Å². The second-order valence-corrected chi connectivity index (χ2v) is 6.13. The van der Waals surface area contributed by atoms with Crippen molar-refractivity contribution in [3.8, 4) is 0 Å². The van der Waals surface area contributed by atoms with Gasteiger partial charge in [-0.3, -0.25) is 9.78 Å². The first-order chi connectivity index (χ1) is 8.61. The van der Waals surface area contributed by atoms with Gasteiger partial charge in [0.1, 0.15) is 5.01 Å². The van der Waals surface area contributed by atoms with E-state index in [2.05, 4.69) is 40.7 Å². The Morgan fingerprint density at radius 1 is 1.33 bits per heavy atom. The third-order valence-corrected chi connectivity index (χ3v) is 4.19. The maximum atomic E-state index is 5.04. The third-order valence-electron chi connectivity index (χ3n) is 3.04. The topological polar surface area (TPSA) is 46.5 Å². The first-order valence-corrected chi connectivity index (χ1v) is 7.41. The maximum Gasteiger partial charge on any atom is 0.176 e. The summed E-state index contributed by atoms with van der Waals surface area (Å²) in [6, 6.07) is 0. The van der Waals surface area contributed by atoms with Crippen molar-refractivity contribution in [3.05, 3.63) is 25.9 Å². The molecule has 0 unspecified atom stereocenters. The first kappa shape index (κ1) is 13.4. The van der Waals surface area contributed by atoms with Crippen LogP contribution in [-0.2, 0) is 19.4 Å². The Morgan fingerprint density at radius 2 is 2.11 bits per heavy atom. The molecule has 0 aromatic carbocycles. The van der Waals surface area contributed by atoms with Gasteiger partial charge in [-0.25, -0.2) is 0 Å². The molecule has 0 atom stereocenters. The second-order valence-electron chi connectivity index (χ2n) is 4.38. The van der Waals surface area contributed by atoms with E-state index in [1.54, 1.807) is 11.3 Å². The number of aryl methyl sites for hydroxylation is 3. The summed E-state index contributed by atoms with van der Waals surface area (Å²) >= 11 is 6.59. The van der Waals surface area contributed by atoms with Crippen molar-refractivity contribution in [3.63, 3.8) is 0 Å². The lowest BCUT2D eigenvalue weighted by Crippen LogP contribution is -2.02. The highest BCUT2D eigenvalue weighted by molar-refractivity contribution is 7.73. The summed E-state index contributed by atoms with van der Waals surface area (Å²) in [6.45, 7) is 7.40. The molecule has 0 aliphatic heterocycles. The Hall–Kier alpha value is -1.01. The monoisotopic (exact) mass is 282 g/mol. The summed E-state index contributed by atoms with van der Waals surface area (Å²) in [4.78, 5) is 0. The number of hydrogen-bond acceptors (Lipinski definition) is 4. The van der Waals surface area contributed by atoms with Gasteiger partial charge < -0.3 is 0 Å². The molecule has 18 heavy (non-hydrogen) atoms. The molecule has 6 heteroatoms. The highest BCUT2D eigenvalue weighted by atomic mass is 32.1. The molecule has 0 bridgehead atoms. The van der Waals surface area contributed by atoms with Crippen LogP contribution in [0.2, 0.25) is 0 Å². The van der Waals surface area contributed by atoms with E-state index in [0.29, 0.717) is 0 Å². The van der Waals surface area contributed by atoms with Crippen molar-refractivity contribution >= 4 is 23.6 Å². The number of aromatic amines is 1. The Balaban J connectivity index is 2.11. The van der Waals surface area contributed by atoms with Gasteiger partial charge in [0.25, 0.3) is 0 Å². The predicted octanol–water partition coefficient (Wildman–Crippen LogP) is 3.21. The van der Waals surface area contributed by atoms with Crippen LogP contribution in [-0.4, -0.2) is 20.0 Å². The highest BCUT2D eigenvalue weighted by Gasteiger charge is 2.11. The van der Waals surface area contributed by atoms with Crippen LogP contribution < -0.4 is 0 Å². The second kappa shape index (κ2) is 5.75. The minimum Gasteiger partial charge on any atom is -0.269 e. The van der Waals surface area contributed by atoms with Crippen LogP contribution in [0.1, 0.15) is 35.3 Å². The Morgan fingerprint density at radius 3 is 2.72 bits per heavy atom. The zero-order valence-electron chi connectivity index (χ0n) is 11.0. The summed E-state index contributed by atoms with van der Waals surface area (Å²) in [5.74, 6) is 0. The van der Waals surface area contributed by atoms with Gasteiger partial charge in [-0.15, -0.1) is 0 Å². The van der Waals surface area contributed by atoms with Crippen molar-refractivity contribution in [1.82, 2.24) is 20.0 Å². The van der Waals surface area contributed by atoms with Crippen LogP contribution >= 0.6 is 23.6 Å². The van der Waals surface area contributed by atoms with Crippen molar-refractivity contribution in [1.29, 1.82) is 0 Å². The van der Waals surface area contributed by atoms with E-state index in [0.717, 1.165) is 40.5 Å². The molecule has 0 fully saturated rings. The number of nitrogens with one attached hydrogen (secondary N) is 1. The molecule has 0 saturated carbocycles. The minimum absolute atomic E-state index is 0.750. The summed E-state index contributed by atoms with van der Waals surface area (Å²) in [5, 5.41) is 12.7. The van der Waals surface area contributed by atoms with Crippen molar-refractivity contribution in [2.75, 3.05) is 0 Å². The van der Waals surface area contributed by atoms with E-state index in [1.165, 1.54) is 11.3 Å². The largest absolute Gasteiger partial charge is 0.269 e. The van der Waals surface area contributed by atoms with E-state index >= 15 is 0 Å². The number of rotatable bonds is 5. The fourth-order valence-corrected chi connectivity index (χ4v) is 3.06. The Bertz CT molecular complexity index is 579. The standard InChI is InChI=1S/C12H18N4S2/c1-4-7-16-9(3)10(8(2)15-16)5-6-11-13-14-12(17)18-11/h4-7H2,1-3H3,(H,14,17). The van der Waals surface area contributed by atoms with Crippen LogP contribution in [0.25, 0.3) is 0 Å². The molecule has 2 aromatic heterocycles. The SMILES string of the molecule is CCCn1nc(C)c(CCc2n[nH]c(=S)s2)c1C. The summed E-state index contributed by atoms with van der Waals surface area (Å²) in [7, 11) is 0. The van der Waals surface area contributed by atoms with Crippen LogP contribution in [0.4, 0.5) is 0 Å². The third kappa shape index (κ3) is 2.87. The molecule has 0 radical (unpaired) electrons. The molecule has 0 aliphatic carbocycles. The van der Waals surface area contributed by atoms with E-state index in [4.69, 9.17) is 12.2 Å². The number of aromatic nitrogens is 4. The van der Waals surface area contributed by atoms with E-state index in [9.17, 15) is 0 Å². The molecule has 0 spiro atoms. The Kier molecular flexibility index (Phi) is 4.29. The molecule has 0 amide bonds. The average molecular weight is 282 g/mol. The van der Waals surface area contributed by atoms with E-state index < -0.39 is 0 Å². The lowest BCUT2D eigenvalue weighted by atomic mass is 10.1. The van der Waals surface area contributed by atoms with E-state index in [1.807, 2.05) is 0 Å². The number of nitrogens with zero attached hydrogens (tertiary/aromatic N) is 3. The van der Waals surface area contributed by atoms with Crippen LogP contribution in [0.3, 0.4) is 0 Å². The van der Waals surface area contributed by atoms with Gasteiger partial charge in [-0.1, -0.05) is 18.3 Å². The summed E-state index contributed by atoms with van der Waals surface area (Å²) in [5.41, 5.74) is 3.78. The number of H-pyrrole nitrogens is 1. The van der Waals surface area contributed by atoms with Gasteiger partial charge in [0.05, 0.1) is 5.69 Å². The van der Waals surface area contributed by atoms with Crippen molar-refractivity contribution < 1.29 is 0 Å². The fraction of sp³-hybridized carbons (Fsp3) is 0.583. The Labute approximate surface area is 116 Å². The molecule has 4 nitrogen and oxygen atoms in total. The van der Waals surface area contributed by atoms with Crippen molar-refractivity contribution in [2.45, 2.75) is 46.6 Å². The van der Waals surface area contributed by atoms with Gasteiger partial charge in [0.15, 0.2) is 3.95 Å². The zero-order chi connectivity index (χ0) is 13.1. The molecule has 2 aromatic rings. The van der Waals surface area contributed by atoms with Crippen molar-refractivity contribution in [2.24, 2.45) is 0 Å². The van der Waals surface area contributed by atoms with Gasteiger partial charge in [-0.05, 0) is 44.5 Å². The van der Waals surface area contributed by atoms with Gasteiger partial charge in [0, 0.05) is 18.7 Å². The van der Waals surface area contributed by atoms with E-state index in [-0.39, 0.29) is 0 Å². The smallest absolute Gasteiger partial charge is 0.176 e. The van der Waals surface area contributed by atoms with Gasteiger partial charge in [-0.2, -0.15) is 10.2 Å². The zero-order valence-corrected chi connectivity index (χ0v) is 12.6. The average Bonchev–Trinajstić information content (AvgIpc) is 2.84. The fourth-order valence-electron chi connectivity index (χ4n) is 2.12. The molecule has 2 rings (SSSR count). The van der Waals surface area contributed by atoms with Crippen LogP contribution in [0.5, 0.6) is 0 Å². The molecule has 0 saturated heterocycles. The van der Waals surface area contributed by atoms with Crippen LogP contribution in [0, 0.1) is 17.8 Å². The lowest BCUT2D eigenvalue weighted by molar-refractivity contribution is 0.582. The molecule has 98 valence electrons. The quantitative estimate of drug-likeness (QED) is 0.857. The summed E-state index contributed by atoms with van der Waals surface area (Å²) in [6.07, 6.45) is 3.02. The minimum atomic E-state index is 0.750. The first-order valence-electron chi connectivity index (χ1n) is 6.19. The molecule has 2 heterocycles. The lowest BCUT2D eigenvalue weighted by Gasteiger charge is -2.02. The molecule has 1 N–H and O–H groups in total. The molecule has 0 aliphatic rings. The van der Waals surface area contributed by atoms with Gasteiger partial charge in [0.2, 0.25) is 0 Å². The number of hydrogen-bond donors (Lipinski definition) is 1. The summed E-state index contributed by atoms with van der Waals surface area (Å²) < 4.78 is 2.86.